The molecule has 28 heavy (non-hydrogen) atoms. The molecule has 1 fully saturated rings. The number of aryl methyl sites for hydroxylation is 1. The number of hydrazone groups is 1. The van der Waals surface area contributed by atoms with Crippen LogP contribution in [0.15, 0.2) is 53.6 Å². The van der Waals surface area contributed by atoms with Gasteiger partial charge in [-0.2, -0.15) is 5.10 Å². The van der Waals surface area contributed by atoms with E-state index in [4.69, 9.17) is 5.10 Å². The maximum atomic E-state index is 13.8. The normalized spacial score (nSPS) is 20.3. The first-order valence-corrected chi connectivity index (χ1v) is 10.0. The Morgan fingerprint density at radius 2 is 1.86 bits per heavy atom. The molecule has 2 aliphatic rings. The lowest BCUT2D eigenvalue weighted by Gasteiger charge is -2.29. The van der Waals surface area contributed by atoms with Crippen molar-refractivity contribution in [1.82, 2.24) is 9.91 Å². The second-order valence-corrected chi connectivity index (χ2v) is 7.76. The summed E-state index contributed by atoms with van der Waals surface area (Å²) in [6.45, 7) is 4.33. The first kappa shape index (κ1) is 18.8. The minimum atomic E-state index is -0.287. The molecule has 0 spiro atoms. The van der Waals surface area contributed by atoms with Crippen molar-refractivity contribution in [3.8, 4) is 0 Å². The van der Waals surface area contributed by atoms with Crippen LogP contribution in [0, 0.1) is 12.7 Å². The van der Waals surface area contributed by atoms with E-state index in [0.717, 1.165) is 42.8 Å². The minimum absolute atomic E-state index is 0.0155. The lowest BCUT2D eigenvalue weighted by Crippen LogP contribution is -2.40. The van der Waals surface area contributed by atoms with Gasteiger partial charge in [0.25, 0.3) is 5.91 Å². The van der Waals surface area contributed by atoms with E-state index in [1.807, 2.05) is 37.3 Å². The third-order valence-electron chi connectivity index (χ3n) is 5.59. The molecule has 0 aliphatic carbocycles. The second-order valence-electron chi connectivity index (χ2n) is 7.76. The molecule has 2 heterocycles. The number of hydrogen-bond acceptors (Lipinski definition) is 3. The number of hydrogen-bond donors (Lipinski definition) is 0. The van der Waals surface area contributed by atoms with E-state index in [9.17, 15) is 9.18 Å². The van der Waals surface area contributed by atoms with E-state index < -0.39 is 0 Å². The number of likely N-dealkylation sites (tertiary alicyclic amines) is 1. The molecule has 1 unspecified atom stereocenters. The van der Waals surface area contributed by atoms with E-state index >= 15 is 0 Å². The highest BCUT2D eigenvalue weighted by molar-refractivity contribution is 6.03. The molecule has 0 bridgehead atoms. The minimum Gasteiger partial charge on any atom is -0.294 e. The molecule has 0 saturated carbocycles. The topological polar surface area (TPSA) is 35.9 Å². The zero-order chi connectivity index (χ0) is 19.5. The van der Waals surface area contributed by atoms with Gasteiger partial charge in [-0.05, 0) is 56.1 Å². The fourth-order valence-corrected chi connectivity index (χ4v) is 4.02. The van der Waals surface area contributed by atoms with Gasteiger partial charge in [0.15, 0.2) is 0 Å². The van der Waals surface area contributed by atoms with E-state index in [1.165, 1.54) is 24.1 Å². The first-order chi connectivity index (χ1) is 13.6. The van der Waals surface area contributed by atoms with Gasteiger partial charge in [-0.3, -0.25) is 9.69 Å². The van der Waals surface area contributed by atoms with Crippen LogP contribution in [0.1, 0.15) is 48.4 Å². The molecule has 5 heteroatoms. The fourth-order valence-electron chi connectivity index (χ4n) is 4.02. The maximum Gasteiger partial charge on any atom is 0.257 e. The van der Waals surface area contributed by atoms with Gasteiger partial charge in [0.2, 0.25) is 0 Å². The molecular weight excluding hydrogens is 353 g/mol. The second kappa shape index (κ2) is 8.23. The Hall–Kier alpha value is -2.53. The van der Waals surface area contributed by atoms with E-state index in [1.54, 1.807) is 11.1 Å². The summed E-state index contributed by atoms with van der Waals surface area (Å²) in [5, 5.41) is 6.27. The quantitative estimate of drug-likeness (QED) is 0.794. The van der Waals surface area contributed by atoms with Crippen LogP contribution in [0.4, 0.5) is 4.39 Å². The smallest absolute Gasteiger partial charge is 0.257 e. The maximum absolute atomic E-state index is 13.8. The molecule has 0 aromatic heterocycles. The van der Waals surface area contributed by atoms with Crippen molar-refractivity contribution in [3.63, 3.8) is 0 Å². The van der Waals surface area contributed by atoms with Gasteiger partial charge in [0.05, 0.1) is 18.3 Å². The fraction of sp³-hybridized carbons (Fsp3) is 0.391. The molecule has 4 rings (SSSR count). The third kappa shape index (κ3) is 4.14. The summed E-state index contributed by atoms with van der Waals surface area (Å²) in [6.07, 6.45) is 4.10. The van der Waals surface area contributed by atoms with Crippen LogP contribution in [0.25, 0.3) is 0 Å². The van der Waals surface area contributed by atoms with E-state index in [-0.39, 0.29) is 17.8 Å². The number of amides is 1. The molecule has 2 aliphatic heterocycles. The summed E-state index contributed by atoms with van der Waals surface area (Å²) in [4.78, 5) is 15.3. The lowest BCUT2D eigenvalue weighted by molar-refractivity contribution is -0.134. The van der Waals surface area contributed by atoms with Crippen LogP contribution >= 0.6 is 0 Å². The van der Waals surface area contributed by atoms with Crippen LogP contribution < -0.4 is 0 Å². The highest BCUT2D eigenvalue weighted by Crippen LogP contribution is 2.33. The monoisotopic (exact) mass is 379 g/mol. The molecule has 1 atom stereocenters. The van der Waals surface area contributed by atoms with Crippen LogP contribution in [-0.2, 0) is 4.79 Å². The molecule has 2 aromatic carbocycles. The molecular formula is C23H26FN3O. The highest BCUT2D eigenvalue weighted by Gasteiger charge is 2.34. The Balaban J connectivity index is 1.60. The molecule has 2 aromatic rings. The van der Waals surface area contributed by atoms with Gasteiger partial charge < -0.3 is 0 Å². The zero-order valence-electron chi connectivity index (χ0n) is 16.3. The van der Waals surface area contributed by atoms with Gasteiger partial charge in [-0.15, -0.1) is 0 Å². The van der Waals surface area contributed by atoms with Crippen LogP contribution in [0.5, 0.6) is 0 Å². The third-order valence-corrected chi connectivity index (χ3v) is 5.59. The Bertz CT molecular complexity index is 872. The summed E-state index contributed by atoms with van der Waals surface area (Å²) in [5.41, 5.74) is 3.86. The van der Waals surface area contributed by atoms with Gasteiger partial charge in [0.1, 0.15) is 5.82 Å². The van der Waals surface area contributed by atoms with Crippen LogP contribution in [0.3, 0.4) is 0 Å². The first-order valence-electron chi connectivity index (χ1n) is 10.0. The predicted octanol–water partition coefficient (Wildman–Crippen LogP) is 4.30. The number of halogens is 1. The summed E-state index contributed by atoms with van der Waals surface area (Å²) >= 11 is 0. The molecule has 0 N–H and O–H groups in total. The molecule has 1 saturated heterocycles. The Labute approximate surface area is 165 Å². The summed E-state index contributed by atoms with van der Waals surface area (Å²) < 4.78 is 13.8. The van der Waals surface area contributed by atoms with Crippen molar-refractivity contribution in [1.29, 1.82) is 0 Å². The highest BCUT2D eigenvalue weighted by atomic mass is 19.1. The number of piperidine rings is 1. The average Bonchev–Trinajstić information content (AvgIpc) is 3.15. The largest absolute Gasteiger partial charge is 0.294 e. The number of carbonyl (C=O) groups is 1. The number of carbonyl (C=O) groups excluding carboxylic acids is 1. The van der Waals surface area contributed by atoms with E-state index in [2.05, 4.69) is 4.90 Å². The Morgan fingerprint density at radius 3 is 2.57 bits per heavy atom. The summed E-state index contributed by atoms with van der Waals surface area (Å²) in [7, 11) is 0. The predicted molar refractivity (Wildman–Crippen MR) is 109 cm³/mol. The zero-order valence-corrected chi connectivity index (χ0v) is 16.3. The molecule has 4 nitrogen and oxygen atoms in total. The van der Waals surface area contributed by atoms with Crippen molar-refractivity contribution in [2.45, 2.75) is 38.6 Å². The average molecular weight is 379 g/mol. The van der Waals surface area contributed by atoms with Crippen molar-refractivity contribution in [3.05, 3.63) is 71.0 Å². The lowest BCUT2D eigenvalue weighted by atomic mass is 9.98. The Kier molecular flexibility index (Phi) is 5.53. The van der Waals surface area contributed by atoms with Crippen LogP contribution in [0.2, 0.25) is 0 Å². The number of nitrogens with zero attached hydrogens (tertiary/aromatic N) is 3. The standard InChI is InChI=1S/C23H26FN3O/c1-17-8-10-18(11-9-17)21-15-22(19-6-5-7-20(24)14-19)27(25-21)23(28)16-26-12-3-2-4-13-26/h5-11,14,22H,2-4,12-13,15-16H2,1H3. The van der Waals surface area contributed by atoms with E-state index in [0.29, 0.717) is 13.0 Å². The number of rotatable bonds is 4. The van der Waals surface area contributed by atoms with Gasteiger partial charge in [0, 0.05) is 6.42 Å². The SMILES string of the molecule is Cc1ccc(C2=NN(C(=O)CN3CCCCC3)C(c3cccc(F)c3)C2)cc1. The Morgan fingerprint density at radius 1 is 1.11 bits per heavy atom. The molecule has 1 amide bonds. The number of benzene rings is 2. The van der Waals surface area contributed by atoms with Gasteiger partial charge in [-0.1, -0.05) is 48.4 Å². The van der Waals surface area contributed by atoms with Crippen molar-refractivity contribution < 1.29 is 9.18 Å². The van der Waals surface area contributed by atoms with Gasteiger partial charge >= 0.3 is 0 Å². The van der Waals surface area contributed by atoms with Crippen molar-refractivity contribution >= 4 is 11.6 Å². The van der Waals surface area contributed by atoms with Crippen molar-refractivity contribution in [2.75, 3.05) is 19.6 Å². The van der Waals surface area contributed by atoms with Crippen molar-refractivity contribution in [2.24, 2.45) is 5.10 Å². The summed E-state index contributed by atoms with van der Waals surface area (Å²) in [6, 6.07) is 14.4. The van der Waals surface area contributed by atoms with Crippen LogP contribution in [-0.4, -0.2) is 41.2 Å². The summed E-state index contributed by atoms with van der Waals surface area (Å²) in [5.74, 6) is -0.303. The molecule has 146 valence electrons. The van der Waals surface area contributed by atoms with Gasteiger partial charge in [-0.25, -0.2) is 9.40 Å². The molecule has 0 radical (unpaired) electrons.